The molecule has 3 nitrogen and oxygen atoms in total. The van der Waals surface area contributed by atoms with Crippen molar-refractivity contribution >= 4 is 0 Å². The highest BCUT2D eigenvalue weighted by atomic mass is 16.5. The lowest BCUT2D eigenvalue weighted by molar-refractivity contribution is 0.0367. The number of rotatable bonds is 4. The molecule has 1 heterocycles. The van der Waals surface area contributed by atoms with Crippen LogP contribution in [0.1, 0.15) is 57.1 Å². The molecule has 1 saturated carbocycles. The summed E-state index contributed by atoms with van der Waals surface area (Å²) in [6.45, 7) is 3.27. The second-order valence-electron chi connectivity index (χ2n) is 6.11. The van der Waals surface area contributed by atoms with Crippen molar-refractivity contribution in [3.8, 4) is 11.5 Å². The van der Waals surface area contributed by atoms with E-state index in [0.29, 0.717) is 6.04 Å². The Hall–Kier alpha value is -1.22. The molecule has 3 rings (SSSR count). The molecule has 1 fully saturated rings. The minimum Gasteiger partial charge on any atom is -0.497 e. The molecular weight excluding hydrogens is 250 g/mol. The van der Waals surface area contributed by atoms with Crippen molar-refractivity contribution in [1.29, 1.82) is 0 Å². The first kappa shape index (κ1) is 13.7. The molecule has 1 spiro atoms. The molecule has 0 bridgehead atoms. The quantitative estimate of drug-likeness (QED) is 0.906. The first-order valence-corrected chi connectivity index (χ1v) is 7.87. The molecule has 110 valence electrons. The van der Waals surface area contributed by atoms with E-state index in [1.54, 1.807) is 7.11 Å². The number of ether oxygens (including phenoxy) is 2. The van der Waals surface area contributed by atoms with Crippen molar-refractivity contribution in [2.75, 3.05) is 13.7 Å². The van der Waals surface area contributed by atoms with Crippen LogP contribution in [0, 0.1) is 0 Å². The molecule has 1 aromatic rings. The van der Waals surface area contributed by atoms with Crippen molar-refractivity contribution in [3.05, 3.63) is 23.8 Å². The largest absolute Gasteiger partial charge is 0.497 e. The van der Waals surface area contributed by atoms with Gasteiger partial charge in [0.2, 0.25) is 0 Å². The Morgan fingerprint density at radius 3 is 2.85 bits per heavy atom. The molecule has 0 aromatic heterocycles. The third-order valence-corrected chi connectivity index (χ3v) is 4.65. The van der Waals surface area contributed by atoms with Crippen LogP contribution in [-0.4, -0.2) is 19.3 Å². The van der Waals surface area contributed by atoms with E-state index < -0.39 is 0 Å². The van der Waals surface area contributed by atoms with Gasteiger partial charge in [-0.25, -0.2) is 0 Å². The summed E-state index contributed by atoms with van der Waals surface area (Å²) < 4.78 is 11.8. The molecule has 2 aliphatic rings. The third kappa shape index (κ3) is 2.51. The summed E-state index contributed by atoms with van der Waals surface area (Å²) >= 11 is 0. The zero-order valence-corrected chi connectivity index (χ0v) is 12.6. The molecule has 0 saturated heterocycles. The Bertz CT molecular complexity index is 466. The number of nitrogens with one attached hydrogen (secondary N) is 1. The highest BCUT2D eigenvalue weighted by molar-refractivity contribution is 5.44. The average Bonchev–Trinajstić information content (AvgIpc) is 2.92. The van der Waals surface area contributed by atoms with Gasteiger partial charge in [-0.15, -0.1) is 0 Å². The van der Waals surface area contributed by atoms with Gasteiger partial charge < -0.3 is 14.8 Å². The van der Waals surface area contributed by atoms with Gasteiger partial charge in [0, 0.05) is 18.0 Å². The fourth-order valence-electron chi connectivity index (χ4n) is 3.60. The lowest BCUT2D eigenvalue weighted by atomic mass is 9.85. The number of hydrogen-bond donors (Lipinski definition) is 1. The summed E-state index contributed by atoms with van der Waals surface area (Å²) in [5, 5.41) is 3.69. The molecule has 3 heteroatoms. The monoisotopic (exact) mass is 275 g/mol. The van der Waals surface area contributed by atoms with Crippen LogP contribution in [0.4, 0.5) is 0 Å². The first-order valence-electron chi connectivity index (χ1n) is 7.87. The fraction of sp³-hybridized carbons (Fsp3) is 0.647. The Labute approximate surface area is 121 Å². The Balaban J connectivity index is 1.91. The molecule has 1 atom stereocenters. The number of methoxy groups -OCH3 is 1. The van der Waals surface area contributed by atoms with Gasteiger partial charge in [0.15, 0.2) is 0 Å². The molecule has 0 radical (unpaired) electrons. The van der Waals surface area contributed by atoms with Crippen LogP contribution in [0.2, 0.25) is 0 Å². The Kier molecular flexibility index (Phi) is 3.88. The number of hydrogen-bond acceptors (Lipinski definition) is 3. The van der Waals surface area contributed by atoms with Crippen LogP contribution in [0.25, 0.3) is 0 Å². The van der Waals surface area contributed by atoms with E-state index in [9.17, 15) is 0 Å². The fourth-order valence-corrected chi connectivity index (χ4v) is 3.60. The lowest BCUT2D eigenvalue weighted by Crippen LogP contribution is -2.42. The standard InChI is InChI=1S/C17H25NO2/c1-3-10-18-15-12-17(8-4-5-9-17)20-16-7-6-13(19-2)11-14(15)16/h6-7,11,15,18H,3-5,8-10,12H2,1-2H3. The smallest absolute Gasteiger partial charge is 0.125 e. The van der Waals surface area contributed by atoms with Gasteiger partial charge in [0.1, 0.15) is 17.1 Å². The Morgan fingerprint density at radius 2 is 2.15 bits per heavy atom. The van der Waals surface area contributed by atoms with Gasteiger partial charge >= 0.3 is 0 Å². The summed E-state index contributed by atoms with van der Waals surface area (Å²) in [7, 11) is 1.72. The van der Waals surface area contributed by atoms with Crippen molar-refractivity contribution in [3.63, 3.8) is 0 Å². The van der Waals surface area contributed by atoms with E-state index in [-0.39, 0.29) is 5.60 Å². The van der Waals surface area contributed by atoms with Crippen LogP contribution in [0.5, 0.6) is 11.5 Å². The van der Waals surface area contributed by atoms with Gasteiger partial charge in [-0.1, -0.05) is 6.92 Å². The maximum Gasteiger partial charge on any atom is 0.125 e. The maximum atomic E-state index is 6.39. The molecule has 1 aliphatic heterocycles. The van der Waals surface area contributed by atoms with Crippen LogP contribution in [0.3, 0.4) is 0 Å². The molecule has 0 amide bonds. The van der Waals surface area contributed by atoms with E-state index in [1.165, 1.54) is 31.2 Å². The van der Waals surface area contributed by atoms with Gasteiger partial charge in [0.25, 0.3) is 0 Å². The maximum absolute atomic E-state index is 6.39. The summed E-state index contributed by atoms with van der Waals surface area (Å²) in [4.78, 5) is 0. The molecule has 1 unspecified atom stereocenters. The van der Waals surface area contributed by atoms with Crippen molar-refractivity contribution < 1.29 is 9.47 Å². The summed E-state index contributed by atoms with van der Waals surface area (Å²) in [6, 6.07) is 6.61. The highest BCUT2D eigenvalue weighted by Crippen LogP contribution is 2.47. The summed E-state index contributed by atoms with van der Waals surface area (Å²) in [5.74, 6) is 1.96. The number of benzene rings is 1. The van der Waals surface area contributed by atoms with E-state index >= 15 is 0 Å². The van der Waals surface area contributed by atoms with Gasteiger partial charge in [-0.3, -0.25) is 0 Å². The Morgan fingerprint density at radius 1 is 1.35 bits per heavy atom. The normalized spacial score (nSPS) is 23.4. The second kappa shape index (κ2) is 5.65. The SMILES string of the molecule is CCCNC1CC2(CCCC2)Oc2ccc(OC)cc21. The molecule has 1 aliphatic carbocycles. The lowest BCUT2D eigenvalue weighted by Gasteiger charge is -2.40. The van der Waals surface area contributed by atoms with E-state index in [2.05, 4.69) is 24.4 Å². The van der Waals surface area contributed by atoms with E-state index in [4.69, 9.17) is 9.47 Å². The predicted octanol–water partition coefficient (Wildman–Crippen LogP) is 3.83. The van der Waals surface area contributed by atoms with Crippen LogP contribution in [-0.2, 0) is 0 Å². The highest BCUT2D eigenvalue weighted by Gasteiger charge is 2.42. The zero-order valence-electron chi connectivity index (χ0n) is 12.6. The van der Waals surface area contributed by atoms with E-state index in [1.807, 2.05) is 6.07 Å². The van der Waals surface area contributed by atoms with Crippen LogP contribution >= 0.6 is 0 Å². The zero-order chi connectivity index (χ0) is 14.0. The summed E-state index contributed by atoms with van der Waals surface area (Å²) in [5.41, 5.74) is 1.34. The van der Waals surface area contributed by atoms with Crippen LogP contribution < -0.4 is 14.8 Å². The van der Waals surface area contributed by atoms with Crippen molar-refractivity contribution in [1.82, 2.24) is 5.32 Å². The molecule has 20 heavy (non-hydrogen) atoms. The predicted molar refractivity (Wildman–Crippen MR) is 80.5 cm³/mol. The summed E-state index contributed by atoms with van der Waals surface area (Å²) in [6.07, 6.45) is 7.24. The average molecular weight is 275 g/mol. The topological polar surface area (TPSA) is 30.5 Å². The van der Waals surface area contributed by atoms with Crippen molar-refractivity contribution in [2.45, 2.75) is 57.1 Å². The van der Waals surface area contributed by atoms with Gasteiger partial charge in [-0.05, 0) is 56.8 Å². The van der Waals surface area contributed by atoms with E-state index in [0.717, 1.165) is 30.9 Å². The minimum atomic E-state index is 0.0764. The minimum absolute atomic E-state index is 0.0764. The number of fused-ring (bicyclic) bond motifs is 1. The second-order valence-corrected chi connectivity index (χ2v) is 6.11. The first-order chi connectivity index (χ1) is 9.76. The molecule has 1 aromatic carbocycles. The molecule has 1 N–H and O–H groups in total. The van der Waals surface area contributed by atoms with Gasteiger partial charge in [-0.2, -0.15) is 0 Å². The van der Waals surface area contributed by atoms with Gasteiger partial charge in [0.05, 0.1) is 7.11 Å². The third-order valence-electron chi connectivity index (χ3n) is 4.65. The van der Waals surface area contributed by atoms with Crippen molar-refractivity contribution in [2.24, 2.45) is 0 Å². The molecular formula is C17H25NO2. The van der Waals surface area contributed by atoms with Crippen LogP contribution in [0.15, 0.2) is 18.2 Å².